The van der Waals surface area contributed by atoms with Gasteiger partial charge in [0.2, 0.25) is 0 Å². The van der Waals surface area contributed by atoms with E-state index in [0.29, 0.717) is 0 Å². The molecular weight excluding hydrogens is 248 g/mol. The van der Waals surface area contributed by atoms with Gasteiger partial charge in [-0.25, -0.2) is 10.2 Å². The Balaban J connectivity index is 2.56. The van der Waals surface area contributed by atoms with Crippen LogP contribution in [0.15, 0.2) is 33.8 Å². The van der Waals surface area contributed by atoms with E-state index in [1.807, 2.05) is 24.3 Å². The topological polar surface area (TPSA) is 50.7 Å². The fourth-order valence-electron chi connectivity index (χ4n) is 0.792. The van der Waals surface area contributed by atoms with Crippen LogP contribution in [-0.2, 0) is 4.74 Å². The number of carbonyl (C=O) groups is 1. The molecule has 1 aromatic rings. The van der Waals surface area contributed by atoms with Crippen LogP contribution >= 0.6 is 15.9 Å². The number of ether oxygens (including phenoxy) is 1. The zero-order valence-electron chi connectivity index (χ0n) is 7.53. The van der Waals surface area contributed by atoms with Crippen LogP contribution in [0.5, 0.6) is 0 Å². The van der Waals surface area contributed by atoms with Crippen molar-refractivity contribution in [1.82, 2.24) is 5.43 Å². The lowest BCUT2D eigenvalue weighted by atomic mass is 10.2. The molecule has 1 amide bonds. The number of rotatable bonds is 2. The van der Waals surface area contributed by atoms with Gasteiger partial charge in [0, 0.05) is 4.47 Å². The molecule has 74 valence electrons. The largest absolute Gasteiger partial charge is 0.452 e. The number of hydrogen-bond donors (Lipinski definition) is 1. The standard InChI is InChI=1S/C9H9BrN2O2/c1-14-9(13)12-11-6-7-3-2-4-8(10)5-7/h2-6H,1H3,(H,12,13). The molecule has 0 unspecified atom stereocenters. The Morgan fingerprint density at radius 2 is 2.43 bits per heavy atom. The summed E-state index contributed by atoms with van der Waals surface area (Å²) in [5, 5.41) is 3.68. The first-order valence-electron chi connectivity index (χ1n) is 3.85. The molecule has 14 heavy (non-hydrogen) atoms. The van der Waals surface area contributed by atoms with E-state index >= 15 is 0 Å². The van der Waals surface area contributed by atoms with Gasteiger partial charge in [0.15, 0.2) is 0 Å². The van der Waals surface area contributed by atoms with E-state index in [0.717, 1.165) is 10.0 Å². The summed E-state index contributed by atoms with van der Waals surface area (Å²) in [5.74, 6) is 0. The van der Waals surface area contributed by atoms with Crippen molar-refractivity contribution in [2.24, 2.45) is 5.10 Å². The summed E-state index contributed by atoms with van der Waals surface area (Å²) < 4.78 is 5.30. The average Bonchev–Trinajstić information content (AvgIpc) is 2.17. The van der Waals surface area contributed by atoms with Gasteiger partial charge in [-0.1, -0.05) is 28.1 Å². The van der Waals surface area contributed by atoms with Gasteiger partial charge in [0.05, 0.1) is 13.3 Å². The number of benzene rings is 1. The third kappa shape index (κ3) is 3.57. The molecule has 0 aliphatic carbocycles. The van der Waals surface area contributed by atoms with Gasteiger partial charge in [0.1, 0.15) is 0 Å². The van der Waals surface area contributed by atoms with Gasteiger partial charge in [-0.15, -0.1) is 0 Å². The van der Waals surface area contributed by atoms with Crippen molar-refractivity contribution in [3.05, 3.63) is 34.3 Å². The lowest BCUT2D eigenvalue weighted by molar-refractivity contribution is 0.171. The maximum atomic E-state index is 10.6. The number of carbonyl (C=O) groups excluding carboxylic acids is 1. The molecule has 4 nitrogen and oxygen atoms in total. The maximum absolute atomic E-state index is 10.6. The number of hydrogen-bond acceptors (Lipinski definition) is 3. The summed E-state index contributed by atoms with van der Waals surface area (Å²) in [5.41, 5.74) is 3.08. The van der Waals surface area contributed by atoms with Gasteiger partial charge in [-0.3, -0.25) is 0 Å². The molecule has 0 aliphatic rings. The minimum atomic E-state index is -0.587. The van der Waals surface area contributed by atoms with E-state index in [9.17, 15) is 4.79 Å². The molecule has 1 rings (SSSR count). The smallest absolute Gasteiger partial charge is 0.427 e. The molecule has 0 aliphatic heterocycles. The van der Waals surface area contributed by atoms with Crippen LogP contribution in [0.4, 0.5) is 4.79 Å². The second-order valence-corrected chi connectivity index (χ2v) is 3.33. The SMILES string of the molecule is COC(=O)NN=Cc1cccc(Br)c1. The van der Waals surface area contributed by atoms with Crippen molar-refractivity contribution >= 4 is 28.2 Å². The van der Waals surface area contributed by atoms with Crippen LogP contribution in [-0.4, -0.2) is 19.4 Å². The van der Waals surface area contributed by atoms with Crippen molar-refractivity contribution < 1.29 is 9.53 Å². The number of amides is 1. The lowest BCUT2D eigenvalue weighted by Gasteiger charge is -1.96. The first-order valence-corrected chi connectivity index (χ1v) is 4.64. The molecule has 0 atom stereocenters. The molecule has 0 fully saturated rings. The lowest BCUT2D eigenvalue weighted by Crippen LogP contribution is -2.16. The highest BCUT2D eigenvalue weighted by molar-refractivity contribution is 9.10. The summed E-state index contributed by atoms with van der Waals surface area (Å²) in [6, 6.07) is 7.53. The third-order valence-corrected chi connectivity index (χ3v) is 1.90. The zero-order chi connectivity index (χ0) is 10.4. The first-order chi connectivity index (χ1) is 6.72. The predicted molar refractivity (Wildman–Crippen MR) is 57.3 cm³/mol. The van der Waals surface area contributed by atoms with Crippen LogP contribution in [0.3, 0.4) is 0 Å². The van der Waals surface area contributed by atoms with Crippen molar-refractivity contribution in [2.45, 2.75) is 0 Å². The van der Waals surface area contributed by atoms with Crippen molar-refractivity contribution in [1.29, 1.82) is 0 Å². The fraction of sp³-hybridized carbons (Fsp3) is 0.111. The van der Waals surface area contributed by atoms with Gasteiger partial charge in [-0.2, -0.15) is 5.10 Å². The second kappa shape index (κ2) is 5.39. The highest BCUT2D eigenvalue weighted by Gasteiger charge is 1.93. The van der Waals surface area contributed by atoms with E-state index < -0.39 is 6.09 Å². The molecule has 0 aromatic heterocycles. The average molecular weight is 257 g/mol. The van der Waals surface area contributed by atoms with E-state index in [-0.39, 0.29) is 0 Å². The zero-order valence-corrected chi connectivity index (χ0v) is 9.11. The summed E-state index contributed by atoms with van der Waals surface area (Å²) >= 11 is 3.32. The highest BCUT2D eigenvalue weighted by atomic mass is 79.9. The molecule has 0 saturated heterocycles. The van der Waals surface area contributed by atoms with Crippen molar-refractivity contribution in [3.63, 3.8) is 0 Å². The van der Waals surface area contributed by atoms with E-state index in [4.69, 9.17) is 0 Å². The predicted octanol–water partition coefficient (Wildman–Crippen LogP) is 2.14. The number of nitrogens with one attached hydrogen (secondary N) is 1. The van der Waals surface area contributed by atoms with Gasteiger partial charge < -0.3 is 4.74 Å². The number of methoxy groups -OCH3 is 1. The summed E-state index contributed by atoms with van der Waals surface area (Å²) in [6.07, 6.45) is 0.943. The highest BCUT2D eigenvalue weighted by Crippen LogP contribution is 2.09. The molecule has 1 aromatic carbocycles. The van der Waals surface area contributed by atoms with E-state index in [1.54, 1.807) is 0 Å². The van der Waals surface area contributed by atoms with Crippen LogP contribution in [0.2, 0.25) is 0 Å². The minimum absolute atomic E-state index is 0.587. The Morgan fingerprint density at radius 3 is 3.07 bits per heavy atom. The molecule has 0 spiro atoms. The Morgan fingerprint density at radius 1 is 1.64 bits per heavy atom. The van der Waals surface area contributed by atoms with E-state index in [1.165, 1.54) is 13.3 Å². The van der Waals surface area contributed by atoms with Crippen molar-refractivity contribution in [2.75, 3.05) is 7.11 Å². The molecule has 0 radical (unpaired) electrons. The molecule has 0 bridgehead atoms. The number of nitrogens with zero attached hydrogens (tertiary/aromatic N) is 1. The summed E-state index contributed by atoms with van der Waals surface area (Å²) in [6.45, 7) is 0. The number of halogens is 1. The molecule has 1 N–H and O–H groups in total. The summed E-state index contributed by atoms with van der Waals surface area (Å²) in [7, 11) is 1.28. The first kappa shape index (κ1) is 10.7. The van der Waals surface area contributed by atoms with Crippen LogP contribution in [0.1, 0.15) is 5.56 Å². The molecule has 0 heterocycles. The Hall–Kier alpha value is -1.36. The van der Waals surface area contributed by atoms with Gasteiger partial charge in [-0.05, 0) is 17.7 Å². The number of hydrazone groups is 1. The van der Waals surface area contributed by atoms with Crippen LogP contribution < -0.4 is 5.43 Å². The van der Waals surface area contributed by atoms with E-state index in [2.05, 4.69) is 31.2 Å². The third-order valence-electron chi connectivity index (χ3n) is 1.40. The Kier molecular flexibility index (Phi) is 4.12. The van der Waals surface area contributed by atoms with Gasteiger partial charge in [0.25, 0.3) is 0 Å². The van der Waals surface area contributed by atoms with Crippen molar-refractivity contribution in [3.8, 4) is 0 Å². The Labute approximate surface area is 90.1 Å². The molecule has 0 saturated carbocycles. The van der Waals surface area contributed by atoms with Crippen LogP contribution in [0, 0.1) is 0 Å². The van der Waals surface area contributed by atoms with Gasteiger partial charge >= 0.3 is 6.09 Å². The second-order valence-electron chi connectivity index (χ2n) is 2.42. The summed E-state index contributed by atoms with van der Waals surface area (Å²) in [4.78, 5) is 10.6. The van der Waals surface area contributed by atoms with Crippen LogP contribution in [0.25, 0.3) is 0 Å². The monoisotopic (exact) mass is 256 g/mol. The maximum Gasteiger partial charge on any atom is 0.427 e. The minimum Gasteiger partial charge on any atom is -0.452 e. The molecule has 5 heteroatoms. The fourth-order valence-corrected chi connectivity index (χ4v) is 1.21. The molecular formula is C9H9BrN2O2. The Bertz CT molecular complexity index is 352. The quantitative estimate of drug-likeness (QED) is 0.651. The normalized spacial score (nSPS) is 10.1.